The van der Waals surface area contributed by atoms with Crippen LogP contribution in [0, 0.1) is 5.82 Å². The molecule has 0 bridgehead atoms. The summed E-state index contributed by atoms with van der Waals surface area (Å²) in [6.07, 6.45) is -1.93. The molecule has 0 aliphatic carbocycles. The number of nitrogens with zero attached hydrogens (tertiary/aromatic N) is 3. The van der Waals surface area contributed by atoms with E-state index in [-0.39, 0.29) is 42.1 Å². The lowest BCUT2D eigenvalue weighted by atomic mass is 9.98. The van der Waals surface area contributed by atoms with E-state index >= 15 is 0 Å². The fourth-order valence-corrected chi connectivity index (χ4v) is 2.97. The molecule has 1 aliphatic heterocycles. The lowest BCUT2D eigenvalue weighted by Gasteiger charge is -2.39. The Hall–Kier alpha value is -2.23. The molecule has 2 rings (SSSR count). The molecule has 1 aliphatic rings. The summed E-state index contributed by atoms with van der Waals surface area (Å²) in [5.74, 6) is -2.19. The van der Waals surface area contributed by atoms with E-state index in [4.69, 9.17) is 11.5 Å². The Kier molecular flexibility index (Phi) is 7.70. The number of nitrogens with two attached hydrogens (primary N) is 2. The van der Waals surface area contributed by atoms with Gasteiger partial charge in [0.25, 0.3) is 0 Å². The van der Waals surface area contributed by atoms with Crippen molar-refractivity contribution >= 4 is 30.0 Å². The minimum atomic E-state index is -4.98. The molecule has 27 heavy (non-hydrogen) atoms. The van der Waals surface area contributed by atoms with E-state index in [2.05, 4.69) is 14.7 Å². The summed E-state index contributed by atoms with van der Waals surface area (Å²) in [7, 11) is 0. The van der Waals surface area contributed by atoms with E-state index < -0.39 is 17.9 Å². The quantitative estimate of drug-likeness (QED) is 0.441. The molecule has 2 atom stereocenters. The number of likely N-dealkylation sites (tertiary alicyclic amines) is 1. The average Bonchev–Trinajstić information content (AvgIpc) is 2.48. The monoisotopic (exact) mass is 411 g/mol. The van der Waals surface area contributed by atoms with Crippen molar-refractivity contribution in [2.24, 2.45) is 21.5 Å². The first kappa shape index (κ1) is 22.8. The van der Waals surface area contributed by atoms with Gasteiger partial charge in [-0.25, -0.2) is 9.38 Å². The largest absolute Gasteiger partial charge is 0.573 e. The molecule has 1 aromatic rings. The maximum atomic E-state index is 13.7. The lowest BCUT2D eigenvalue weighted by Crippen LogP contribution is -2.51. The van der Waals surface area contributed by atoms with Crippen molar-refractivity contribution in [3.05, 3.63) is 24.0 Å². The van der Waals surface area contributed by atoms with E-state index in [0.29, 0.717) is 0 Å². The lowest BCUT2D eigenvalue weighted by molar-refractivity contribution is -0.275. The number of piperidine rings is 1. The number of guanidine groups is 2. The second-order valence-corrected chi connectivity index (χ2v) is 6.14. The van der Waals surface area contributed by atoms with Crippen LogP contribution in [0.1, 0.15) is 33.1 Å². The van der Waals surface area contributed by atoms with Gasteiger partial charge in [-0.05, 0) is 45.2 Å². The van der Waals surface area contributed by atoms with Crippen molar-refractivity contribution in [2.75, 3.05) is 0 Å². The third-order valence-electron chi connectivity index (χ3n) is 4.07. The van der Waals surface area contributed by atoms with Crippen LogP contribution < -0.4 is 16.2 Å². The Labute approximate surface area is 160 Å². The molecular weight excluding hydrogens is 390 g/mol. The second-order valence-electron chi connectivity index (χ2n) is 6.14. The van der Waals surface area contributed by atoms with Gasteiger partial charge >= 0.3 is 6.36 Å². The normalized spacial score (nSPS) is 21.6. The van der Waals surface area contributed by atoms with Gasteiger partial charge in [-0.2, -0.15) is 4.99 Å². The molecule has 11 heteroatoms. The van der Waals surface area contributed by atoms with Crippen LogP contribution in [0.15, 0.2) is 28.2 Å². The molecule has 0 aromatic heterocycles. The summed E-state index contributed by atoms with van der Waals surface area (Å²) in [5.41, 5.74) is 11.7. The second kappa shape index (κ2) is 9.12. The molecule has 0 spiro atoms. The topological polar surface area (TPSA) is 89.2 Å². The van der Waals surface area contributed by atoms with Crippen LogP contribution in [-0.4, -0.2) is 35.3 Å². The summed E-state index contributed by atoms with van der Waals surface area (Å²) in [6.45, 7) is 4.06. The first-order valence-electron chi connectivity index (χ1n) is 8.09. The van der Waals surface area contributed by atoms with Crippen LogP contribution in [0.3, 0.4) is 0 Å². The minimum absolute atomic E-state index is 0. The molecule has 1 heterocycles. The molecule has 1 fully saturated rings. The Morgan fingerprint density at radius 3 is 2.30 bits per heavy atom. The van der Waals surface area contributed by atoms with Crippen LogP contribution in [0.4, 0.5) is 23.2 Å². The number of hydrogen-bond donors (Lipinski definition) is 2. The molecule has 152 valence electrons. The van der Waals surface area contributed by atoms with Crippen molar-refractivity contribution in [3.8, 4) is 5.75 Å². The summed E-state index contributed by atoms with van der Waals surface area (Å²) in [6, 6.07) is 3.12. The molecule has 0 radical (unpaired) electrons. The Balaban J connectivity index is 0.00000364. The van der Waals surface area contributed by atoms with E-state index in [1.165, 1.54) is 0 Å². The fourth-order valence-electron chi connectivity index (χ4n) is 2.97. The van der Waals surface area contributed by atoms with Crippen LogP contribution in [0.5, 0.6) is 5.75 Å². The van der Waals surface area contributed by atoms with Gasteiger partial charge in [-0.15, -0.1) is 25.6 Å². The number of benzene rings is 1. The first-order valence-corrected chi connectivity index (χ1v) is 8.09. The summed E-state index contributed by atoms with van der Waals surface area (Å²) < 4.78 is 53.7. The van der Waals surface area contributed by atoms with E-state index in [9.17, 15) is 17.6 Å². The fraction of sp³-hybridized carbons (Fsp3) is 0.500. The van der Waals surface area contributed by atoms with Gasteiger partial charge in [-0.1, -0.05) is 0 Å². The maximum Gasteiger partial charge on any atom is 0.573 e. The molecule has 1 aromatic carbocycles. The van der Waals surface area contributed by atoms with Gasteiger partial charge in [0, 0.05) is 18.2 Å². The number of hydrogen-bond acceptors (Lipinski definition) is 2. The van der Waals surface area contributed by atoms with Crippen LogP contribution in [0.2, 0.25) is 0 Å². The predicted octanol–water partition coefficient (Wildman–Crippen LogP) is 3.67. The Morgan fingerprint density at radius 1 is 1.19 bits per heavy atom. The smallest absolute Gasteiger partial charge is 0.403 e. The third-order valence-corrected chi connectivity index (χ3v) is 4.07. The summed E-state index contributed by atoms with van der Waals surface area (Å²) in [4.78, 5) is 9.83. The van der Waals surface area contributed by atoms with Crippen LogP contribution in [0.25, 0.3) is 0 Å². The van der Waals surface area contributed by atoms with Crippen molar-refractivity contribution in [1.82, 2.24) is 4.90 Å². The average molecular weight is 412 g/mol. The van der Waals surface area contributed by atoms with Gasteiger partial charge in [0.05, 0.1) is 5.69 Å². The van der Waals surface area contributed by atoms with Gasteiger partial charge in [0.2, 0.25) is 5.96 Å². The maximum absolute atomic E-state index is 13.7. The standard InChI is InChI=1S/C16H21F4N5O.ClH/c1-9-4-3-5-10(2)25(9)15(22)24-14(21)23-11-6-7-13(12(17)8-11)26-16(18,19)20;/h6-10H,3-5H2,1-2H3,(H4,21,22,23,24);1H. The SMILES string of the molecule is CC1CCCC(C)N1C(N)=NC(N)=Nc1ccc(OC(F)(F)F)c(F)c1.Cl. The van der Waals surface area contributed by atoms with Crippen LogP contribution in [-0.2, 0) is 0 Å². The van der Waals surface area contributed by atoms with Gasteiger partial charge in [-0.3, -0.25) is 0 Å². The Morgan fingerprint density at radius 2 is 1.78 bits per heavy atom. The molecule has 1 saturated heterocycles. The van der Waals surface area contributed by atoms with Crippen LogP contribution >= 0.6 is 12.4 Å². The predicted molar refractivity (Wildman–Crippen MR) is 97.8 cm³/mol. The molecule has 6 nitrogen and oxygen atoms in total. The summed E-state index contributed by atoms with van der Waals surface area (Å²) >= 11 is 0. The highest BCUT2D eigenvalue weighted by molar-refractivity contribution is 5.94. The Bertz CT molecular complexity index is 701. The van der Waals surface area contributed by atoms with E-state index in [0.717, 1.165) is 37.5 Å². The van der Waals surface area contributed by atoms with Gasteiger partial charge in [0.1, 0.15) is 0 Å². The van der Waals surface area contributed by atoms with E-state index in [1.807, 2.05) is 18.7 Å². The number of ether oxygens (including phenoxy) is 1. The zero-order valence-electron chi connectivity index (χ0n) is 14.8. The van der Waals surface area contributed by atoms with Gasteiger partial charge < -0.3 is 21.1 Å². The number of aliphatic imine (C=N–C) groups is 2. The van der Waals surface area contributed by atoms with Crippen molar-refractivity contribution in [1.29, 1.82) is 0 Å². The van der Waals surface area contributed by atoms with Gasteiger partial charge in [0.15, 0.2) is 17.5 Å². The highest BCUT2D eigenvalue weighted by atomic mass is 35.5. The first-order chi connectivity index (χ1) is 12.1. The molecular formula is C16H22ClF4N5O. The molecule has 2 unspecified atom stereocenters. The van der Waals surface area contributed by atoms with Crippen molar-refractivity contribution < 1.29 is 22.3 Å². The van der Waals surface area contributed by atoms with Crippen molar-refractivity contribution in [2.45, 2.75) is 51.6 Å². The van der Waals surface area contributed by atoms with E-state index in [1.54, 1.807) is 0 Å². The number of halogens is 5. The molecule has 4 N–H and O–H groups in total. The minimum Gasteiger partial charge on any atom is -0.403 e. The van der Waals surface area contributed by atoms with Crippen molar-refractivity contribution in [3.63, 3.8) is 0 Å². The highest BCUT2D eigenvalue weighted by Gasteiger charge is 2.32. The number of alkyl halides is 3. The summed E-state index contributed by atoms with van der Waals surface area (Å²) in [5, 5.41) is 0. The zero-order valence-corrected chi connectivity index (χ0v) is 15.6. The third kappa shape index (κ3) is 6.46. The number of rotatable bonds is 2. The molecule has 0 amide bonds. The highest BCUT2D eigenvalue weighted by Crippen LogP contribution is 2.28. The zero-order chi connectivity index (χ0) is 19.5. The molecule has 0 saturated carbocycles.